The van der Waals surface area contributed by atoms with Crippen LogP contribution in [0.1, 0.15) is 66.2 Å². The molecule has 116 valence electrons. The van der Waals surface area contributed by atoms with E-state index in [0.717, 1.165) is 12.8 Å². The molecule has 2 atom stereocenters. The summed E-state index contributed by atoms with van der Waals surface area (Å²) in [5, 5.41) is 12.4. The number of nitrogens with one attached hydrogen (secondary N) is 1. The van der Waals surface area contributed by atoms with Crippen molar-refractivity contribution >= 4 is 11.9 Å². The molecule has 1 aliphatic carbocycles. The number of rotatable bonds is 6. The molecule has 1 fully saturated rings. The topological polar surface area (TPSA) is 66.4 Å². The molecule has 0 spiro atoms. The molecule has 2 unspecified atom stereocenters. The summed E-state index contributed by atoms with van der Waals surface area (Å²) in [4.78, 5) is 23.6. The minimum atomic E-state index is -0.907. The number of aliphatic carboxylic acids is 1. The maximum Gasteiger partial charge on any atom is 0.310 e. The minimum Gasteiger partial charge on any atom is -0.481 e. The number of carbonyl (C=O) groups excluding carboxylic acids is 1. The molecule has 2 N–H and O–H groups in total. The first-order chi connectivity index (χ1) is 9.32. The van der Waals surface area contributed by atoms with Crippen LogP contribution < -0.4 is 5.32 Å². The van der Waals surface area contributed by atoms with Gasteiger partial charge in [0.1, 0.15) is 0 Å². The molecular weight excluding hydrogens is 254 g/mol. The predicted molar refractivity (Wildman–Crippen MR) is 79.4 cm³/mol. The van der Waals surface area contributed by atoms with Crippen molar-refractivity contribution in [1.29, 1.82) is 0 Å². The van der Waals surface area contributed by atoms with Gasteiger partial charge >= 0.3 is 5.97 Å². The quantitative estimate of drug-likeness (QED) is 0.786. The van der Waals surface area contributed by atoms with Gasteiger partial charge in [0.05, 0.1) is 5.41 Å². The highest BCUT2D eigenvalue weighted by atomic mass is 16.4. The highest BCUT2D eigenvalue weighted by molar-refractivity contribution is 5.85. The fourth-order valence-corrected chi connectivity index (χ4v) is 3.53. The first-order valence-corrected chi connectivity index (χ1v) is 7.85. The van der Waals surface area contributed by atoms with Gasteiger partial charge in [0.25, 0.3) is 0 Å². The van der Waals surface area contributed by atoms with Crippen molar-refractivity contribution in [2.45, 2.75) is 72.3 Å². The third kappa shape index (κ3) is 4.22. The monoisotopic (exact) mass is 283 g/mol. The molecule has 1 amide bonds. The molecule has 0 radical (unpaired) electrons. The van der Waals surface area contributed by atoms with Crippen LogP contribution in [0.3, 0.4) is 0 Å². The Morgan fingerprint density at radius 2 is 1.60 bits per heavy atom. The third-order valence-electron chi connectivity index (χ3n) is 4.85. The lowest BCUT2D eigenvalue weighted by Crippen LogP contribution is -2.43. The van der Waals surface area contributed by atoms with Crippen LogP contribution in [0.15, 0.2) is 0 Å². The number of carbonyl (C=O) groups is 2. The second-order valence-corrected chi connectivity index (χ2v) is 6.65. The molecular formula is C16H29NO3. The van der Waals surface area contributed by atoms with Gasteiger partial charge in [-0.05, 0) is 43.9 Å². The van der Waals surface area contributed by atoms with Crippen molar-refractivity contribution in [2.75, 3.05) is 0 Å². The lowest BCUT2D eigenvalue weighted by atomic mass is 9.78. The zero-order chi connectivity index (χ0) is 15.3. The standard InChI is InChI=1S/C16H29NO3/c1-5-16(6-2,15(19)20)10-14(18)17-13-8-11(3)7-12(4)9-13/h11-13H,5-10H2,1-4H3,(H,17,18)(H,19,20). The van der Waals surface area contributed by atoms with Crippen LogP contribution in [0.4, 0.5) is 0 Å². The van der Waals surface area contributed by atoms with Gasteiger partial charge in [-0.3, -0.25) is 9.59 Å². The van der Waals surface area contributed by atoms with E-state index in [1.165, 1.54) is 6.42 Å². The highest BCUT2D eigenvalue weighted by Crippen LogP contribution is 2.32. The number of hydrogen-bond acceptors (Lipinski definition) is 2. The maximum absolute atomic E-state index is 12.2. The summed E-state index contributed by atoms with van der Waals surface area (Å²) in [5.41, 5.74) is -0.907. The fourth-order valence-electron chi connectivity index (χ4n) is 3.53. The average molecular weight is 283 g/mol. The summed E-state index contributed by atoms with van der Waals surface area (Å²) in [6, 6.07) is 0.210. The molecule has 1 saturated carbocycles. The van der Waals surface area contributed by atoms with Crippen molar-refractivity contribution < 1.29 is 14.7 Å². The van der Waals surface area contributed by atoms with E-state index in [0.29, 0.717) is 24.7 Å². The van der Waals surface area contributed by atoms with Crippen molar-refractivity contribution in [2.24, 2.45) is 17.3 Å². The molecule has 0 aromatic carbocycles. The van der Waals surface area contributed by atoms with Crippen LogP contribution in [-0.2, 0) is 9.59 Å². The zero-order valence-corrected chi connectivity index (χ0v) is 13.2. The molecule has 0 aromatic rings. The first-order valence-electron chi connectivity index (χ1n) is 7.85. The zero-order valence-electron chi connectivity index (χ0n) is 13.2. The lowest BCUT2D eigenvalue weighted by Gasteiger charge is -2.33. The molecule has 0 heterocycles. The van der Waals surface area contributed by atoms with Gasteiger partial charge in [-0.1, -0.05) is 27.7 Å². The lowest BCUT2D eigenvalue weighted by molar-refractivity contribution is -0.152. The van der Waals surface area contributed by atoms with Crippen LogP contribution in [0.5, 0.6) is 0 Å². The van der Waals surface area contributed by atoms with Crippen LogP contribution in [-0.4, -0.2) is 23.0 Å². The van der Waals surface area contributed by atoms with Crippen molar-refractivity contribution in [3.8, 4) is 0 Å². The van der Waals surface area contributed by atoms with Gasteiger partial charge in [0.2, 0.25) is 5.91 Å². The number of carboxylic acid groups (broad SMARTS) is 1. The number of hydrogen-bond donors (Lipinski definition) is 2. The van der Waals surface area contributed by atoms with Crippen LogP contribution in [0.2, 0.25) is 0 Å². The summed E-state index contributed by atoms with van der Waals surface area (Å²) in [6.07, 6.45) is 4.31. The Kier molecular flexibility index (Phi) is 6.03. The Bertz CT molecular complexity index is 340. The molecule has 1 rings (SSSR count). The molecule has 0 bridgehead atoms. The Balaban J connectivity index is 2.60. The van der Waals surface area contributed by atoms with Gasteiger partial charge in [-0.25, -0.2) is 0 Å². The summed E-state index contributed by atoms with van der Waals surface area (Å²) in [7, 11) is 0. The molecule has 0 aliphatic heterocycles. The van der Waals surface area contributed by atoms with E-state index < -0.39 is 11.4 Å². The third-order valence-corrected chi connectivity index (χ3v) is 4.85. The van der Waals surface area contributed by atoms with Crippen molar-refractivity contribution in [3.63, 3.8) is 0 Å². The van der Waals surface area contributed by atoms with E-state index in [1.807, 2.05) is 13.8 Å². The fraction of sp³-hybridized carbons (Fsp3) is 0.875. The molecule has 4 nitrogen and oxygen atoms in total. The summed E-state index contributed by atoms with van der Waals surface area (Å²) < 4.78 is 0. The maximum atomic E-state index is 12.2. The minimum absolute atomic E-state index is 0.0919. The Labute approximate surface area is 122 Å². The van der Waals surface area contributed by atoms with Crippen LogP contribution in [0.25, 0.3) is 0 Å². The van der Waals surface area contributed by atoms with E-state index in [9.17, 15) is 14.7 Å². The highest BCUT2D eigenvalue weighted by Gasteiger charge is 2.37. The van der Waals surface area contributed by atoms with Crippen molar-refractivity contribution in [3.05, 3.63) is 0 Å². The van der Waals surface area contributed by atoms with Crippen molar-refractivity contribution in [1.82, 2.24) is 5.32 Å². The second kappa shape index (κ2) is 7.09. The van der Waals surface area contributed by atoms with E-state index in [4.69, 9.17) is 0 Å². The summed E-state index contributed by atoms with van der Waals surface area (Å²) in [6.45, 7) is 8.12. The van der Waals surface area contributed by atoms with Gasteiger partial charge in [-0.2, -0.15) is 0 Å². The predicted octanol–water partition coefficient (Wildman–Crippen LogP) is 3.21. The van der Waals surface area contributed by atoms with E-state index >= 15 is 0 Å². The molecule has 1 aliphatic rings. The van der Waals surface area contributed by atoms with Gasteiger partial charge in [-0.15, -0.1) is 0 Å². The average Bonchev–Trinajstić information content (AvgIpc) is 2.34. The number of carboxylic acids is 1. The van der Waals surface area contributed by atoms with Crippen LogP contribution in [0, 0.1) is 17.3 Å². The molecule has 4 heteroatoms. The SMILES string of the molecule is CCC(CC)(CC(=O)NC1CC(C)CC(C)C1)C(=O)O. The Hall–Kier alpha value is -1.06. The van der Waals surface area contributed by atoms with Gasteiger partial charge < -0.3 is 10.4 Å². The smallest absolute Gasteiger partial charge is 0.310 e. The largest absolute Gasteiger partial charge is 0.481 e. The molecule has 0 aromatic heterocycles. The normalized spacial score (nSPS) is 27.1. The summed E-state index contributed by atoms with van der Waals surface area (Å²) in [5.74, 6) is 0.293. The number of amides is 1. The Morgan fingerprint density at radius 1 is 1.10 bits per heavy atom. The first kappa shape index (κ1) is 17.0. The van der Waals surface area contributed by atoms with E-state index in [-0.39, 0.29) is 18.4 Å². The molecule has 0 saturated heterocycles. The summed E-state index contributed by atoms with van der Waals surface area (Å²) >= 11 is 0. The van der Waals surface area contributed by atoms with Gasteiger partial charge in [0.15, 0.2) is 0 Å². The Morgan fingerprint density at radius 3 is 2.00 bits per heavy atom. The van der Waals surface area contributed by atoms with E-state index in [2.05, 4.69) is 19.2 Å². The van der Waals surface area contributed by atoms with Crippen LogP contribution >= 0.6 is 0 Å². The second-order valence-electron chi connectivity index (χ2n) is 6.65. The molecule has 20 heavy (non-hydrogen) atoms. The van der Waals surface area contributed by atoms with E-state index in [1.54, 1.807) is 0 Å². The van der Waals surface area contributed by atoms with Gasteiger partial charge in [0, 0.05) is 12.5 Å².